The van der Waals surface area contributed by atoms with Crippen molar-refractivity contribution < 1.29 is 9.53 Å². The Kier molecular flexibility index (Phi) is 5.92. The van der Waals surface area contributed by atoms with Crippen LogP contribution in [0.3, 0.4) is 0 Å². The zero-order chi connectivity index (χ0) is 17.0. The Bertz CT molecular complexity index is 528. The van der Waals surface area contributed by atoms with Crippen molar-refractivity contribution in [2.24, 2.45) is 17.1 Å². The molecule has 0 saturated carbocycles. The Labute approximate surface area is 148 Å². The summed E-state index contributed by atoms with van der Waals surface area (Å²) in [6.45, 7) is 3.52. The molecule has 0 aliphatic carbocycles. The Morgan fingerprint density at radius 1 is 1.50 bits per heavy atom. The van der Waals surface area contributed by atoms with Crippen LogP contribution in [0.15, 0.2) is 17.5 Å². The van der Waals surface area contributed by atoms with Gasteiger partial charge in [-0.1, -0.05) is 6.07 Å². The first-order valence-corrected chi connectivity index (χ1v) is 9.84. The topological polar surface area (TPSA) is 67.6 Å². The highest BCUT2D eigenvalue weighted by Gasteiger charge is 2.39. The molecule has 3 N–H and O–H groups in total. The lowest BCUT2D eigenvalue weighted by Crippen LogP contribution is -2.51. The second kappa shape index (κ2) is 7.95. The number of likely N-dealkylation sites (tertiary alicyclic amines) is 1. The Morgan fingerprint density at radius 3 is 2.96 bits per heavy atom. The Balaban J connectivity index is 1.64. The fourth-order valence-electron chi connectivity index (χ4n) is 4.08. The van der Waals surface area contributed by atoms with E-state index in [9.17, 15) is 4.79 Å². The molecule has 2 atom stereocenters. The molecular weight excluding hydrogens is 322 g/mol. The second-order valence-corrected chi connectivity index (χ2v) is 8.13. The van der Waals surface area contributed by atoms with Crippen LogP contribution in [-0.2, 0) is 9.53 Å². The van der Waals surface area contributed by atoms with E-state index in [0.717, 1.165) is 32.4 Å². The van der Waals surface area contributed by atoms with Crippen LogP contribution >= 0.6 is 11.3 Å². The maximum Gasteiger partial charge on any atom is 0.227 e. The Hall–Kier alpha value is -0.950. The van der Waals surface area contributed by atoms with Crippen molar-refractivity contribution in [3.05, 3.63) is 22.4 Å². The quantitative estimate of drug-likeness (QED) is 0.851. The highest BCUT2D eigenvalue weighted by molar-refractivity contribution is 7.10. The third-order valence-electron chi connectivity index (χ3n) is 5.69. The van der Waals surface area contributed by atoms with Gasteiger partial charge in [0, 0.05) is 37.2 Å². The normalized spacial score (nSPS) is 27.8. The number of thiophene rings is 1. The van der Waals surface area contributed by atoms with E-state index >= 15 is 0 Å². The predicted octanol–water partition coefficient (Wildman–Crippen LogP) is 2.00. The van der Waals surface area contributed by atoms with Crippen molar-refractivity contribution >= 4 is 17.2 Å². The summed E-state index contributed by atoms with van der Waals surface area (Å²) >= 11 is 1.81. The molecule has 3 heterocycles. The van der Waals surface area contributed by atoms with Gasteiger partial charge in [0.15, 0.2) is 0 Å². The van der Waals surface area contributed by atoms with E-state index in [2.05, 4.69) is 34.8 Å². The molecule has 5 nitrogen and oxygen atoms in total. The highest BCUT2D eigenvalue weighted by Crippen LogP contribution is 2.37. The largest absolute Gasteiger partial charge is 0.381 e. The molecule has 2 aliphatic heterocycles. The SMILES string of the molecule is CN1CCCC(CNC(=O)C2(CN)CCOCC2)C1c1cccs1. The number of nitrogens with two attached hydrogens (primary N) is 1. The minimum Gasteiger partial charge on any atom is -0.381 e. The van der Waals surface area contributed by atoms with E-state index in [4.69, 9.17) is 10.5 Å². The van der Waals surface area contributed by atoms with Crippen molar-refractivity contribution in [2.75, 3.05) is 39.9 Å². The molecule has 0 bridgehead atoms. The Morgan fingerprint density at radius 2 is 2.29 bits per heavy atom. The molecule has 0 spiro atoms. The van der Waals surface area contributed by atoms with Gasteiger partial charge in [-0.05, 0) is 56.6 Å². The number of nitrogens with zero attached hydrogens (tertiary/aromatic N) is 1. The first-order valence-electron chi connectivity index (χ1n) is 8.96. The summed E-state index contributed by atoms with van der Waals surface area (Å²) in [5, 5.41) is 5.37. The molecule has 2 unspecified atom stereocenters. The van der Waals surface area contributed by atoms with E-state index in [-0.39, 0.29) is 5.91 Å². The molecule has 24 heavy (non-hydrogen) atoms. The second-order valence-electron chi connectivity index (χ2n) is 7.15. The molecule has 1 amide bonds. The number of ether oxygens (including phenoxy) is 1. The predicted molar refractivity (Wildman–Crippen MR) is 97.0 cm³/mol. The van der Waals surface area contributed by atoms with Crippen molar-refractivity contribution in [3.63, 3.8) is 0 Å². The van der Waals surface area contributed by atoms with Gasteiger partial charge >= 0.3 is 0 Å². The minimum absolute atomic E-state index is 0.117. The lowest BCUT2D eigenvalue weighted by atomic mass is 9.79. The number of nitrogens with one attached hydrogen (secondary N) is 1. The summed E-state index contributed by atoms with van der Waals surface area (Å²) in [5.41, 5.74) is 5.52. The first-order chi connectivity index (χ1) is 11.7. The van der Waals surface area contributed by atoms with Gasteiger partial charge in [0.05, 0.1) is 5.41 Å². The number of piperidine rings is 1. The van der Waals surface area contributed by atoms with E-state index < -0.39 is 5.41 Å². The maximum absolute atomic E-state index is 12.8. The number of hydrogen-bond acceptors (Lipinski definition) is 5. The number of carbonyl (C=O) groups is 1. The summed E-state index contributed by atoms with van der Waals surface area (Å²) in [6.07, 6.45) is 3.81. The van der Waals surface area contributed by atoms with Crippen LogP contribution in [0.2, 0.25) is 0 Å². The molecule has 2 aliphatic rings. The van der Waals surface area contributed by atoms with Gasteiger partial charge in [0.1, 0.15) is 0 Å². The molecule has 2 saturated heterocycles. The van der Waals surface area contributed by atoms with E-state index in [1.54, 1.807) is 0 Å². The zero-order valence-corrected chi connectivity index (χ0v) is 15.3. The van der Waals surface area contributed by atoms with Crippen molar-refractivity contribution in [3.8, 4) is 0 Å². The third-order valence-corrected chi connectivity index (χ3v) is 6.63. The van der Waals surface area contributed by atoms with Crippen LogP contribution in [0.25, 0.3) is 0 Å². The average Bonchev–Trinajstić information content (AvgIpc) is 3.14. The molecule has 1 aromatic heterocycles. The van der Waals surface area contributed by atoms with Crippen molar-refractivity contribution in [2.45, 2.75) is 31.7 Å². The first kappa shape index (κ1) is 17.9. The lowest BCUT2D eigenvalue weighted by molar-refractivity contribution is -0.136. The molecule has 134 valence electrons. The fourth-order valence-corrected chi connectivity index (χ4v) is 5.06. The van der Waals surface area contributed by atoms with Crippen LogP contribution in [0.1, 0.15) is 36.6 Å². The van der Waals surface area contributed by atoms with Gasteiger partial charge in [-0.25, -0.2) is 0 Å². The summed E-state index contributed by atoms with van der Waals surface area (Å²) in [7, 11) is 2.19. The molecule has 6 heteroatoms. The summed E-state index contributed by atoms with van der Waals surface area (Å²) in [4.78, 5) is 16.6. The summed E-state index contributed by atoms with van der Waals surface area (Å²) in [6, 6.07) is 4.73. The van der Waals surface area contributed by atoms with Crippen LogP contribution in [0.4, 0.5) is 0 Å². The van der Waals surface area contributed by atoms with Gasteiger partial charge in [-0.15, -0.1) is 11.3 Å². The van der Waals surface area contributed by atoms with E-state index in [1.807, 2.05) is 11.3 Å². The summed E-state index contributed by atoms with van der Waals surface area (Å²) in [5.74, 6) is 0.576. The monoisotopic (exact) mass is 351 g/mol. The number of rotatable bonds is 5. The number of amides is 1. The number of hydrogen-bond donors (Lipinski definition) is 2. The maximum atomic E-state index is 12.8. The minimum atomic E-state index is -0.433. The van der Waals surface area contributed by atoms with Gasteiger partial charge < -0.3 is 15.8 Å². The summed E-state index contributed by atoms with van der Waals surface area (Å²) < 4.78 is 5.41. The van der Waals surface area contributed by atoms with Crippen molar-refractivity contribution in [1.82, 2.24) is 10.2 Å². The van der Waals surface area contributed by atoms with E-state index in [0.29, 0.717) is 31.7 Å². The molecule has 2 fully saturated rings. The third kappa shape index (κ3) is 3.67. The molecule has 1 aromatic rings. The van der Waals surface area contributed by atoms with Gasteiger partial charge in [0.25, 0.3) is 0 Å². The molecular formula is C18H29N3O2S. The van der Waals surface area contributed by atoms with Gasteiger partial charge in [-0.3, -0.25) is 9.69 Å². The van der Waals surface area contributed by atoms with Crippen molar-refractivity contribution in [1.29, 1.82) is 0 Å². The van der Waals surface area contributed by atoms with Crippen LogP contribution < -0.4 is 11.1 Å². The average molecular weight is 352 g/mol. The van der Waals surface area contributed by atoms with Crippen LogP contribution in [0.5, 0.6) is 0 Å². The smallest absolute Gasteiger partial charge is 0.227 e. The molecule has 0 aromatic carbocycles. The number of carbonyl (C=O) groups excluding carboxylic acids is 1. The zero-order valence-electron chi connectivity index (χ0n) is 14.5. The van der Waals surface area contributed by atoms with Crippen LogP contribution in [0, 0.1) is 11.3 Å². The van der Waals surface area contributed by atoms with E-state index in [1.165, 1.54) is 11.3 Å². The standard InChI is InChI=1S/C18H29N3O2S/c1-21-8-2-4-14(16(21)15-5-3-11-24-15)12-20-17(22)18(13-19)6-9-23-10-7-18/h3,5,11,14,16H,2,4,6-10,12-13,19H2,1H3,(H,20,22). The van der Waals surface area contributed by atoms with Crippen LogP contribution in [-0.4, -0.2) is 50.7 Å². The van der Waals surface area contributed by atoms with Gasteiger partial charge in [0.2, 0.25) is 5.91 Å². The molecule has 3 rings (SSSR count). The molecule has 0 radical (unpaired) electrons. The van der Waals surface area contributed by atoms with Gasteiger partial charge in [-0.2, -0.15) is 0 Å². The highest BCUT2D eigenvalue weighted by atomic mass is 32.1. The fraction of sp³-hybridized carbons (Fsp3) is 0.722. The lowest BCUT2D eigenvalue weighted by Gasteiger charge is -2.40.